The van der Waals surface area contributed by atoms with Crippen molar-refractivity contribution >= 4 is 23.4 Å². The molecular formula is C18H17F6N5O3. The molecule has 1 fully saturated rings. The summed E-state index contributed by atoms with van der Waals surface area (Å²) in [6.45, 7) is 3.13. The van der Waals surface area contributed by atoms with Crippen LogP contribution in [0.4, 0.5) is 42.6 Å². The second-order valence-electron chi connectivity index (χ2n) is 7.35. The molecule has 0 bridgehead atoms. The zero-order chi connectivity index (χ0) is 23.8. The number of amides is 3. The van der Waals surface area contributed by atoms with Gasteiger partial charge in [0.1, 0.15) is 12.2 Å². The highest BCUT2D eigenvalue weighted by Gasteiger charge is 2.41. The molecule has 0 saturated carbocycles. The Morgan fingerprint density at radius 1 is 1.22 bits per heavy atom. The van der Waals surface area contributed by atoms with E-state index in [9.17, 15) is 35.9 Å². The van der Waals surface area contributed by atoms with Gasteiger partial charge in [0.15, 0.2) is 5.82 Å². The molecule has 0 unspecified atom stereocenters. The van der Waals surface area contributed by atoms with E-state index in [4.69, 9.17) is 0 Å². The number of urea groups is 1. The summed E-state index contributed by atoms with van der Waals surface area (Å²) >= 11 is 0. The van der Waals surface area contributed by atoms with E-state index in [0.717, 1.165) is 18.3 Å². The maximum absolute atomic E-state index is 12.9. The van der Waals surface area contributed by atoms with Crippen molar-refractivity contribution in [1.29, 1.82) is 0 Å². The van der Waals surface area contributed by atoms with Gasteiger partial charge in [-0.25, -0.2) is 9.78 Å². The lowest BCUT2D eigenvalue weighted by molar-refractivity contribution is -0.155. The van der Waals surface area contributed by atoms with Gasteiger partial charge in [-0.1, -0.05) is 19.0 Å². The lowest BCUT2D eigenvalue weighted by Crippen LogP contribution is -2.42. The first-order valence-electron chi connectivity index (χ1n) is 9.22. The van der Waals surface area contributed by atoms with Crippen molar-refractivity contribution in [1.82, 2.24) is 15.0 Å². The quantitative estimate of drug-likeness (QED) is 0.674. The molecule has 0 spiro atoms. The van der Waals surface area contributed by atoms with Crippen molar-refractivity contribution < 1.29 is 40.5 Å². The number of nitrogens with one attached hydrogen (secondary N) is 1. The zero-order valence-electron chi connectivity index (χ0n) is 16.7. The van der Waals surface area contributed by atoms with E-state index in [-0.39, 0.29) is 18.2 Å². The Hall–Kier alpha value is -3.32. The van der Waals surface area contributed by atoms with E-state index in [1.54, 1.807) is 13.8 Å². The molecule has 1 atom stereocenters. The molecule has 1 saturated heterocycles. The van der Waals surface area contributed by atoms with E-state index >= 15 is 0 Å². The van der Waals surface area contributed by atoms with Gasteiger partial charge >= 0.3 is 18.4 Å². The third kappa shape index (κ3) is 4.94. The molecule has 1 aliphatic heterocycles. The fourth-order valence-corrected chi connectivity index (χ4v) is 3.15. The SMILES string of the molecule is CC(C)[C@H]1CN(c2ccc(C(F)(F)F)nc2)C(=O)N1CC(=O)Nc1cc(C(F)(F)F)on1. The van der Waals surface area contributed by atoms with Gasteiger partial charge in [0, 0.05) is 12.6 Å². The van der Waals surface area contributed by atoms with Crippen LogP contribution in [-0.4, -0.2) is 46.1 Å². The Kier molecular flexibility index (Phi) is 6.07. The van der Waals surface area contributed by atoms with Crippen molar-refractivity contribution in [3.05, 3.63) is 35.9 Å². The number of rotatable bonds is 5. The highest BCUT2D eigenvalue weighted by atomic mass is 19.4. The average molecular weight is 465 g/mol. The number of carbonyl (C=O) groups excluding carboxylic acids is 2. The number of nitrogens with zero attached hydrogens (tertiary/aromatic N) is 4. The molecule has 14 heteroatoms. The Bertz CT molecular complexity index is 986. The lowest BCUT2D eigenvalue weighted by Gasteiger charge is -2.25. The fraction of sp³-hybridized carbons (Fsp3) is 0.444. The summed E-state index contributed by atoms with van der Waals surface area (Å²) in [5.41, 5.74) is -1.00. The molecular weight excluding hydrogens is 448 g/mol. The Morgan fingerprint density at radius 2 is 1.91 bits per heavy atom. The maximum Gasteiger partial charge on any atom is 0.452 e. The van der Waals surface area contributed by atoms with Crippen molar-refractivity contribution in [2.75, 3.05) is 23.3 Å². The number of hydrogen-bond acceptors (Lipinski definition) is 5. The number of aromatic nitrogens is 2. The van der Waals surface area contributed by atoms with Gasteiger partial charge in [-0.2, -0.15) is 26.3 Å². The maximum atomic E-state index is 12.9. The summed E-state index contributed by atoms with van der Waals surface area (Å²) in [7, 11) is 0. The van der Waals surface area contributed by atoms with Gasteiger partial charge in [-0.3, -0.25) is 9.69 Å². The standard InChI is InChI=1S/C18H17F6N5O3/c1-9(2)11-7-28(10-3-4-12(25-6-10)17(19,20)21)16(31)29(11)8-15(30)26-14-5-13(32-27-14)18(22,23)24/h3-6,9,11H,7-8H2,1-2H3,(H,26,27,30)/t11-/m1/s1. The molecule has 174 valence electrons. The number of carbonyl (C=O) groups is 2. The zero-order valence-corrected chi connectivity index (χ0v) is 16.7. The van der Waals surface area contributed by atoms with Crippen LogP contribution in [0.5, 0.6) is 0 Å². The minimum atomic E-state index is -4.78. The largest absolute Gasteiger partial charge is 0.452 e. The molecule has 3 heterocycles. The third-order valence-corrected chi connectivity index (χ3v) is 4.74. The Morgan fingerprint density at radius 3 is 2.41 bits per heavy atom. The number of hydrogen-bond donors (Lipinski definition) is 1. The number of pyridine rings is 1. The van der Waals surface area contributed by atoms with Crippen LogP contribution >= 0.6 is 0 Å². The molecule has 3 rings (SSSR count). The summed E-state index contributed by atoms with van der Waals surface area (Å²) in [6.07, 6.45) is -8.50. The number of alkyl halides is 6. The van der Waals surface area contributed by atoms with E-state index < -0.39 is 54.1 Å². The second kappa shape index (κ2) is 8.31. The van der Waals surface area contributed by atoms with Crippen LogP contribution < -0.4 is 10.2 Å². The summed E-state index contributed by atoms with van der Waals surface area (Å²) in [6, 6.07) is 1.20. The minimum absolute atomic E-state index is 0.0823. The second-order valence-corrected chi connectivity index (χ2v) is 7.35. The molecule has 0 radical (unpaired) electrons. The van der Waals surface area contributed by atoms with Gasteiger partial charge in [0.2, 0.25) is 11.7 Å². The summed E-state index contributed by atoms with van der Waals surface area (Å²) in [4.78, 5) is 30.9. The van der Waals surface area contributed by atoms with E-state index in [2.05, 4.69) is 20.0 Å². The predicted molar refractivity (Wildman–Crippen MR) is 97.4 cm³/mol. The van der Waals surface area contributed by atoms with Crippen molar-refractivity contribution in [2.24, 2.45) is 5.92 Å². The summed E-state index contributed by atoms with van der Waals surface area (Å²) in [5, 5.41) is 5.25. The highest BCUT2D eigenvalue weighted by Crippen LogP contribution is 2.32. The highest BCUT2D eigenvalue weighted by molar-refractivity contribution is 5.99. The molecule has 1 N–H and O–H groups in total. The molecule has 0 aromatic carbocycles. The minimum Gasteiger partial charge on any atom is -0.349 e. The lowest BCUT2D eigenvalue weighted by atomic mass is 10.0. The van der Waals surface area contributed by atoms with Gasteiger partial charge in [-0.05, 0) is 18.1 Å². The molecule has 0 aliphatic carbocycles. The fourth-order valence-electron chi connectivity index (χ4n) is 3.15. The first-order valence-corrected chi connectivity index (χ1v) is 9.22. The van der Waals surface area contributed by atoms with Gasteiger partial charge < -0.3 is 14.7 Å². The van der Waals surface area contributed by atoms with Gasteiger partial charge in [-0.15, -0.1) is 0 Å². The monoisotopic (exact) mass is 465 g/mol. The molecule has 2 aromatic rings. The third-order valence-electron chi connectivity index (χ3n) is 4.74. The van der Waals surface area contributed by atoms with Crippen LogP contribution in [0.15, 0.2) is 28.9 Å². The van der Waals surface area contributed by atoms with Crippen LogP contribution in [0.2, 0.25) is 0 Å². The van der Waals surface area contributed by atoms with E-state index in [1.807, 2.05) is 0 Å². The molecule has 2 aromatic heterocycles. The predicted octanol–water partition coefficient (Wildman–Crippen LogP) is 4.01. The van der Waals surface area contributed by atoms with Crippen LogP contribution in [0.3, 0.4) is 0 Å². The molecule has 32 heavy (non-hydrogen) atoms. The first-order chi connectivity index (χ1) is 14.8. The Balaban J connectivity index is 1.73. The van der Waals surface area contributed by atoms with Crippen molar-refractivity contribution in [3.8, 4) is 0 Å². The van der Waals surface area contributed by atoms with Crippen molar-refractivity contribution in [3.63, 3.8) is 0 Å². The molecule has 8 nitrogen and oxygen atoms in total. The number of halogens is 6. The molecule has 1 aliphatic rings. The summed E-state index contributed by atoms with van der Waals surface area (Å²) < 4.78 is 80.0. The van der Waals surface area contributed by atoms with Crippen LogP contribution in [0, 0.1) is 5.92 Å². The van der Waals surface area contributed by atoms with Crippen molar-refractivity contribution in [2.45, 2.75) is 32.2 Å². The van der Waals surface area contributed by atoms with Crippen LogP contribution in [0.25, 0.3) is 0 Å². The van der Waals surface area contributed by atoms with Gasteiger partial charge in [0.05, 0.1) is 17.9 Å². The smallest absolute Gasteiger partial charge is 0.349 e. The van der Waals surface area contributed by atoms with Crippen LogP contribution in [0.1, 0.15) is 25.3 Å². The number of anilines is 2. The summed E-state index contributed by atoms with van der Waals surface area (Å²) in [5.74, 6) is -2.83. The average Bonchev–Trinajstić information content (AvgIpc) is 3.27. The van der Waals surface area contributed by atoms with Crippen LogP contribution in [-0.2, 0) is 17.1 Å². The van der Waals surface area contributed by atoms with E-state index in [0.29, 0.717) is 6.07 Å². The first kappa shape index (κ1) is 23.3. The molecule has 3 amide bonds. The van der Waals surface area contributed by atoms with E-state index in [1.165, 1.54) is 9.80 Å². The van der Waals surface area contributed by atoms with Gasteiger partial charge in [0.25, 0.3) is 0 Å². The Labute approximate surface area is 177 Å². The normalized spacial score (nSPS) is 17.4. The topological polar surface area (TPSA) is 91.6 Å².